The van der Waals surface area contributed by atoms with E-state index in [1.165, 1.54) is 19.0 Å². The van der Waals surface area contributed by atoms with Crippen molar-refractivity contribution in [1.82, 2.24) is 0 Å². The maximum Gasteiger partial charge on any atom is 0.140 e. The molecule has 114 valence electrons. The van der Waals surface area contributed by atoms with Gasteiger partial charge in [-0.15, -0.1) is 0 Å². The van der Waals surface area contributed by atoms with Gasteiger partial charge in [-0.2, -0.15) is 0 Å². The first-order chi connectivity index (χ1) is 8.65. The van der Waals surface area contributed by atoms with Gasteiger partial charge in [-0.05, 0) is 35.5 Å². The molecule has 0 amide bonds. The predicted molar refractivity (Wildman–Crippen MR) is 92.2 cm³/mol. The summed E-state index contributed by atoms with van der Waals surface area (Å²) < 4.78 is 0. The van der Waals surface area contributed by atoms with Crippen molar-refractivity contribution < 1.29 is 0 Å². The third-order valence-corrected chi connectivity index (χ3v) is 5.53. The Labute approximate surface area is 124 Å². The summed E-state index contributed by atoms with van der Waals surface area (Å²) in [5.74, 6) is 5.07. The van der Waals surface area contributed by atoms with Gasteiger partial charge in [0.25, 0.3) is 0 Å². The zero-order chi connectivity index (χ0) is 15.2. The molecule has 0 saturated carbocycles. The van der Waals surface area contributed by atoms with Crippen LogP contribution in [-0.4, -0.2) is 6.71 Å². The molecule has 0 saturated heterocycles. The topological polar surface area (TPSA) is 0 Å². The maximum absolute atomic E-state index is 2.44. The van der Waals surface area contributed by atoms with Crippen LogP contribution in [0.25, 0.3) is 0 Å². The Morgan fingerprint density at radius 1 is 0.474 bits per heavy atom. The van der Waals surface area contributed by atoms with Crippen molar-refractivity contribution in [1.29, 1.82) is 0 Å². The fourth-order valence-corrected chi connectivity index (χ4v) is 2.68. The molecule has 0 fully saturated rings. The van der Waals surface area contributed by atoms with Crippen LogP contribution in [0.4, 0.5) is 0 Å². The highest BCUT2D eigenvalue weighted by Gasteiger charge is 2.25. The Morgan fingerprint density at radius 2 is 0.684 bits per heavy atom. The summed E-state index contributed by atoms with van der Waals surface area (Å²) in [4.78, 5) is 0. The molecule has 0 aliphatic carbocycles. The second-order valence-electron chi connectivity index (χ2n) is 8.24. The minimum atomic E-state index is 0.825. The highest BCUT2D eigenvalue weighted by molar-refractivity contribution is 6.59. The second-order valence-corrected chi connectivity index (χ2v) is 8.24. The van der Waals surface area contributed by atoms with E-state index >= 15 is 0 Å². The molecule has 3 atom stereocenters. The average Bonchev–Trinajstić information content (AvgIpc) is 2.27. The van der Waals surface area contributed by atoms with Crippen LogP contribution in [0, 0.1) is 35.5 Å². The van der Waals surface area contributed by atoms with Crippen LogP contribution in [0.5, 0.6) is 0 Å². The van der Waals surface area contributed by atoms with Crippen molar-refractivity contribution in [3.8, 4) is 0 Å². The van der Waals surface area contributed by atoms with Gasteiger partial charge in [0.1, 0.15) is 6.71 Å². The van der Waals surface area contributed by atoms with Crippen LogP contribution in [0.3, 0.4) is 0 Å². The van der Waals surface area contributed by atoms with Crippen LogP contribution in [0.15, 0.2) is 0 Å². The first kappa shape index (κ1) is 19.1. The second kappa shape index (κ2) is 9.08. The van der Waals surface area contributed by atoms with Crippen molar-refractivity contribution in [2.24, 2.45) is 35.5 Å². The van der Waals surface area contributed by atoms with E-state index < -0.39 is 0 Å². The Balaban J connectivity index is 4.54. The van der Waals surface area contributed by atoms with Crippen LogP contribution in [-0.2, 0) is 0 Å². The zero-order valence-electron chi connectivity index (χ0n) is 15.2. The van der Waals surface area contributed by atoms with E-state index in [-0.39, 0.29) is 0 Å². The van der Waals surface area contributed by atoms with Crippen LogP contribution in [0.1, 0.15) is 62.3 Å². The number of hydrogen-bond donors (Lipinski definition) is 0. The fourth-order valence-electron chi connectivity index (χ4n) is 2.68. The number of hydrogen-bond acceptors (Lipinski definition) is 0. The minimum Gasteiger partial charge on any atom is -0.0713 e. The molecule has 0 heterocycles. The van der Waals surface area contributed by atoms with E-state index in [1.807, 2.05) is 0 Å². The summed E-state index contributed by atoms with van der Waals surface area (Å²) in [5, 5.41) is 0. The van der Waals surface area contributed by atoms with Gasteiger partial charge in [0, 0.05) is 0 Å². The molecule has 0 rings (SSSR count). The first-order valence-electron chi connectivity index (χ1n) is 8.65. The van der Waals surface area contributed by atoms with Crippen molar-refractivity contribution in [2.45, 2.75) is 81.3 Å². The molecule has 0 aliphatic heterocycles. The zero-order valence-corrected chi connectivity index (χ0v) is 15.2. The van der Waals surface area contributed by atoms with E-state index in [0.29, 0.717) is 0 Å². The lowest BCUT2D eigenvalue weighted by atomic mass is 9.37. The standard InChI is InChI=1S/C18H39B/c1-13(2)16(7)10-19(11-17(8)14(3)4)12-18(9)15(5)6/h13-18H,10-12H2,1-9H3. The van der Waals surface area contributed by atoms with Crippen molar-refractivity contribution in [2.75, 3.05) is 0 Å². The van der Waals surface area contributed by atoms with E-state index in [9.17, 15) is 0 Å². The molecule has 0 aromatic heterocycles. The lowest BCUT2D eigenvalue weighted by molar-refractivity contribution is 0.421. The summed E-state index contributed by atoms with van der Waals surface area (Å²) in [5.41, 5.74) is 0. The molecule has 0 spiro atoms. The summed E-state index contributed by atoms with van der Waals surface area (Å²) >= 11 is 0. The van der Waals surface area contributed by atoms with Crippen LogP contribution >= 0.6 is 0 Å². The Kier molecular flexibility index (Phi) is 9.12. The van der Waals surface area contributed by atoms with Gasteiger partial charge in [0.2, 0.25) is 0 Å². The highest BCUT2D eigenvalue weighted by Crippen LogP contribution is 2.29. The monoisotopic (exact) mass is 266 g/mol. The average molecular weight is 266 g/mol. The Bertz CT molecular complexity index is 182. The number of rotatable bonds is 9. The smallest absolute Gasteiger partial charge is 0.0713 e. The van der Waals surface area contributed by atoms with Crippen molar-refractivity contribution in [3.63, 3.8) is 0 Å². The summed E-state index contributed by atoms with van der Waals surface area (Å²) in [6.07, 6.45) is 4.27. The summed E-state index contributed by atoms with van der Waals surface area (Å²) in [6.45, 7) is 22.5. The molecular formula is C18H39B. The molecular weight excluding hydrogens is 227 g/mol. The SMILES string of the molecule is CC(C)C(C)CB(CC(C)C(C)C)CC(C)C(C)C. The highest BCUT2D eigenvalue weighted by atomic mass is 14.2. The molecule has 3 unspecified atom stereocenters. The van der Waals surface area contributed by atoms with Gasteiger partial charge in [-0.3, -0.25) is 0 Å². The largest absolute Gasteiger partial charge is 0.140 e. The fraction of sp³-hybridized carbons (Fsp3) is 1.00. The van der Waals surface area contributed by atoms with Crippen LogP contribution < -0.4 is 0 Å². The lowest BCUT2D eigenvalue weighted by Gasteiger charge is -2.28. The molecule has 0 N–H and O–H groups in total. The normalized spacial score (nSPS) is 17.1. The van der Waals surface area contributed by atoms with E-state index in [4.69, 9.17) is 0 Å². The molecule has 0 nitrogen and oxygen atoms in total. The molecule has 0 aromatic carbocycles. The first-order valence-corrected chi connectivity index (χ1v) is 8.65. The van der Waals surface area contributed by atoms with Gasteiger partial charge in [-0.1, -0.05) is 81.3 Å². The maximum atomic E-state index is 2.44. The van der Waals surface area contributed by atoms with Crippen LogP contribution in [0.2, 0.25) is 19.0 Å². The summed E-state index contributed by atoms with van der Waals surface area (Å²) in [6, 6.07) is 0. The quantitative estimate of drug-likeness (QED) is 0.426. The molecule has 0 aromatic rings. The van der Waals surface area contributed by atoms with Gasteiger partial charge >= 0.3 is 0 Å². The van der Waals surface area contributed by atoms with Gasteiger partial charge in [0.05, 0.1) is 0 Å². The summed E-state index contributed by atoms with van der Waals surface area (Å²) in [7, 11) is 0. The third kappa shape index (κ3) is 8.05. The predicted octanol–water partition coefficient (Wildman–Crippen LogP) is 6.36. The van der Waals surface area contributed by atoms with E-state index in [1.54, 1.807) is 0 Å². The molecule has 0 radical (unpaired) electrons. The van der Waals surface area contributed by atoms with E-state index in [2.05, 4.69) is 62.3 Å². The van der Waals surface area contributed by atoms with E-state index in [0.717, 1.165) is 42.2 Å². The van der Waals surface area contributed by atoms with Crippen molar-refractivity contribution in [3.05, 3.63) is 0 Å². The molecule has 0 aliphatic rings. The van der Waals surface area contributed by atoms with Gasteiger partial charge in [0.15, 0.2) is 0 Å². The molecule has 19 heavy (non-hydrogen) atoms. The van der Waals surface area contributed by atoms with Gasteiger partial charge < -0.3 is 0 Å². The Hall–Kier alpha value is 0.0649. The molecule has 0 bridgehead atoms. The Morgan fingerprint density at radius 3 is 0.842 bits per heavy atom. The van der Waals surface area contributed by atoms with Crippen molar-refractivity contribution >= 4 is 6.71 Å². The third-order valence-electron chi connectivity index (χ3n) is 5.53. The van der Waals surface area contributed by atoms with Gasteiger partial charge in [-0.25, -0.2) is 0 Å². The minimum absolute atomic E-state index is 0.825. The molecule has 1 heteroatoms. The lowest BCUT2D eigenvalue weighted by Crippen LogP contribution is -2.26.